The van der Waals surface area contributed by atoms with Crippen LogP contribution in [0.25, 0.3) is 0 Å². The summed E-state index contributed by atoms with van der Waals surface area (Å²) in [5.74, 6) is 0.0792. The molecule has 152 valence electrons. The van der Waals surface area contributed by atoms with Gasteiger partial charge in [0.15, 0.2) is 0 Å². The van der Waals surface area contributed by atoms with Crippen molar-refractivity contribution in [2.45, 2.75) is 31.6 Å². The minimum atomic E-state index is -3.65. The largest absolute Gasteiger partial charge is 0.495 e. The molecule has 2 aromatic carbocycles. The zero-order chi connectivity index (χ0) is 20.7. The van der Waals surface area contributed by atoms with Gasteiger partial charge in [0.25, 0.3) is 5.91 Å². The molecule has 0 fully saturated rings. The second kappa shape index (κ2) is 9.91. The molecule has 8 heteroatoms. The number of ether oxygens (including phenoxy) is 1. The summed E-state index contributed by atoms with van der Waals surface area (Å²) in [4.78, 5) is 12.7. The fraction of sp³-hybridized carbons (Fsp3) is 0.350. The molecule has 0 heterocycles. The summed E-state index contributed by atoms with van der Waals surface area (Å²) in [5, 5.41) is 3.09. The zero-order valence-corrected chi connectivity index (χ0v) is 17.8. The number of hydrogen-bond acceptors (Lipinski definition) is 4. The third-order valence-corrected chi connectivity index (χ3v) is 6.28. The average molecular weight is 425 g/mol. The predicted molar refractivity (Wildman–Crippen MR) is 112 cm³/mol. The Bertz CT molecular complexity index is 926. The van der Waals surface area contributed by atoms with E-state index in [-0.39, 0.29) is 10.5 Å². The standard InChI is InChI=1S/C20H25ClN2O4S/c1-4-11-23(12-5-2)28(25,26)17-8-6-7-15(13-17)20(24)22-16-9-10-19(27-3)18(21)14-16/h6-10,13-14H,4-5,11-12H2,1-3H3,(H,22,24). The van der Waals surface area contributed by atoms with Crippen LogP contribution in [0.5, 0.6) is 5.75 Å². The normalized spacial score (nSPS) is 11.5. The van der Waals surface area contributed by atoms with Crippen LogP contribution in [0.4, 0.5) is 5.69 Å². The summed E-state index contributed by atoms with van der Waals surface area (Å²) in [7, 11) is -2.15. The van der Waals surface area contributed by atoms with E-state index >= 15 is 0 Å². The van der Waals surface area contributed by atoms with Gasteiger partial charge in [0.05, 0.1) is 17.0 Å². The number of anilines is 1. The highest BCUT2D eigenvalue weighted by Gasteiger charge is 2.24. The lowest BCUT2D eigenvalue weighted by Crippen LogP contribution is -2.32. The smallest absolute Gasteiger partial charge is 0.255 e. The number of carbonyl (C=O) groups excluding carboxylic acids is 1. The number of amides is 1. The van der Waals surface area contributed by atoms with Crippen molar-refractivity contribution in [2.75, 3.05) is 25.5 Å². The van der Waals surface area contributed by atoms with Gasteiger partial charge < -0.3 is 10.1 Å². The van der Waals surface area contributed by atoms with E-state index in [9.17, 15) is 13.2 Å². The van der Waals surface area contributed by atoms with Crippen molar-refractivity contribution < 1.29 is 17.9 Å². The number of hydrogen-bond donors (Lipinski definition) is 1. The van der Waals surface area contributed by atoms with E-state index in [4.69, 9.17) is 16.3 Å². The maximum absolute atomic E-state index is 12.9. The summed E-state index contributed by atoms with van der Waals surface area (Å²) in [5.41, 5.74) is 0.739. The number of carbonyl (C=O) groups is 1. The Hall–Kier alpha value is -2.09. The summed E-state index contributed by atoms with van der Waals surface area (Å²) in [6, 6.07) is 10.9. The van der Waals surface area contributed by atoms with E-state index in [0.29, 0.717) is 29.5 Å². The molecule has 28 heavy (non-hydrogen) atoms. The molecular weight excluding hydrogens is 400 g/mol. The Morgan fingerprint density at radius 1 is 1.11 bits per heavy atom. The molecule has 1 amide bonds. The lowest BCUT2D eigenvalue weighted by atomic mass is 10.2. The topological polar surface area (TPSA) is 75.7 Å². The van der Waals surface area contributed by atoms with Crippen LogP contribution in [-0.4, -0.2) is 38.8 Å². The van der Waals surface area contributed by atoms with Crippen LogP contribution in [0.3, 0.4) is 0 Å². The maximum atomic E-state index is 12.9. The fourth-order valence-electron chi connectivity index (χ4n) is 2.75. The zero-order valence-electron chi connectivity index (χ0n) is 16.2. The van der Waals surface area contributed by atoms with Crippen LogP contribution in [0.15, 0.2) is 47.4 Å². The molecule has 6 nitrogen and oxygen atoms in total. The van der Waals surface area contributed by atoms with Gasteiger partial charge in [-0.05, 0) is 49.2 Å². The Balaban J connectivity index is 2.26. The fourth-order valence-corrected chi connectivity index (χ4v) is 4.67. The molecule has 2 aromatic rings. The summed E-state index contributed by atoms with van der Waals surface area (Å²) < 4.78 is 32.4. The molecular formula is C20H25ClN2O4S. The lowest BCUT2D eigenvalue weighted by molar-refractivity contribution is 0.102. The number of nitrogens with zero attached hydrogens (tertiary/aromatic N) is 1. The predicted octanol–water partition coefficient (Wildman–Crippen LogP) is 4.41. The van der Waals surface area contributed by atoms with Crippen molar-refractivity contribution in [3.05, 3.63) is 53.1 Å². The number of benzene rings is 2. The van der Waals surface area contributed by atoms with Gasteiger partial charge in [-0.2, -0.15) is 4.31 Å². The molecule has 0 spiro atoms. The summed E-state index contributed by atoms with van der Waals surface area (Å²) >= 11 is 6.08. The van der Waals surface area contributed by atoms with Crippen LogP contribution in [0, 0.1) is 0 Å². The van der Waals surface area contributed by atoms with Crippen LogP contribution < -0.4 is 10.1 Å². The van der Waals surface area contributed by atoms with Crippen molar-refractivity contribution in [2.24, 2.45) is 0 Å². The van der Waals surface area contributed by atoms with Gasteiger partial charge in [0, 0.05) is 24.3 Å². The minimum absolute atomic E-state index is 0.106. The van der Waals surface area contributed by atoms with Gasteiger partial charge in [-0.1, -0.05) is 31.5 Å². The Kier molecular flexibility index (Phi) is 7.86. The van der Waals surface area contributed by atoms with E-state index in [0.717, 1.165) is 12.8 Å². The van der Waals surface area contributed by atoms with Gasteiger partial charge in [0.2, 0.25) is 10.0 Å². The molecule has 0 radical (unpaired) electrons. The highest BCUT2D eigenvalue weighted by atomic mass is 35.5. The average Bonchev–Trinajstić information content (AvgIpc) is 2.68. The second-order valence-electron chi connectivity index (χ2n) is 6.24. The van der Waals surface area contributed by atoms with Crippen LogP contribution in [0.2, 0.25) is 5.02 Å². The van der Waals surface area contributed by atoms with E-state index in [1.54, 1.807) is 30.3 Å². The highest BCUT2D eigenvalue weighted by Crippen LogP contribution is 2.27. The number of sulfonamides is 1. The third kappa shape index (κ3) is 5.25. The molecule has 0 aromatic heterocycles. The van der Waals surface area contributed by atoms with Crippen LogP contribution in [0.1, 0.15) is 37.0 Å². The maximum Gasteiger partial charge on any atom is 0.255 e. The van der Waals surface area contributed by atoms with Crippen LogP contribution in [-0.2, 0) is 10.0 Å². The lowest BCUT2D eigenvalue weighted by Gasteiger charge is -2.21. The Morgan fingerprint density at radius 3 is 2.36 bits per heavy atom. The Labute approximate surface area is 171 Å². The minimum Gasteiger partial charge on any atom is -0.495 e. The van der Waals surface area contributed by atoms with Gasteiger partial charge >= 0.3 is 0 Å². The number of methoxy groups -OCH3 is 1. The van der Waals surface area contributed by atoms with Crippen molar-refractivity contribution in [1.82, 2.24) is 4.31 Å². The molecule has 0 aliphatic rings. The molecule has 0 unspecified atom stereocenters. The van der Waals surface area contributed by atoms with E-state index in [2.05, 4.69) is 5.32 Å². The first-order valence-electron chi connectivity index (χ1n) is 9.08. The molecule has 0 saturated heterocycles. The second-order valence-corrected chi connectivity index (χ2v) is 8.58. The quantitative estimate of drug-likeness (QED) is 0.646. The van der Waals surface area contributed by atoms with Gasteiger partial charge in [0.1, 0.15) is 5.75 Å². The summed E-state index contributed by atoms with van der Waals surface area (Å²) in [6.07, 6.45) is 1.44. The molecule has 0 atom stereocenters. The van der Waals surface area contributed by atoms with Crippen molar-refractivity contribution in [3.8, 4) is 5.75 Å². The van der Waals surface area contributed by atoms with E-state index < -0.39 is 15.9 Å². The highest BCUT2D eigenvalue weighted by molar-refractivity contribution is 7.89. The number of nitrogens with one attached hydrogen (secondary N) is 1. The van der Waals surface area contributed by atoms with E-state index in [1.165, 1.54) is 23.5 Å². The SMILES string of the molecule is CCCN(CCC)S(=O)(=O)c1cccc(C(=O)Nc2ccc(OC)c(Cl)c2)c1. The van der Waals surface area contributed by atoms with Crippen LogP contribution >= 0.6 is 11.6 Å². The first-order valence-corrected chi connectivity index (χ1v) is 10.9. The molecule has 0 aliphatic carbocycles. The van der Waals surface area contributed by atoms with Crippen molar-refractivity contribution >= 4 is 33.2 Å². The molecule has 1 N–H and O–H groups in total. The first kappa shape index (κ1) is 22.2. The molecule has 2 rings (SSSR count). The third-order valence-electron chi connectivity index (χ3n) is 4.09. The molecule has 0 bridgehead atoms. The van der Waals surface area contributed by atoms with Gasteiger partial charge in [-0.3, -0.25) is 4.79 Å². The van der Waals surface area contributed by atoms with E-state index in [1.807, 2.05) is 13.8 Å². The summed E-state index contributed by atoms with van der Waals surface area (Å²) in [6.45, 7) is 4.75. The van der Waals surface area contributed by atoms with Gasteiger partial charge in [-0.25, -0.2) is 8.42 Å². The molecule has 0 aliphatic heterocycles. The number of rotatable bonds is 9. The Morgan fingerprint density at radius 2 is 1.79 bits per heavy atom. The van der Waals surface area contributed by atoms with Crippen molar-refractivity contribution in [1.29, 1.82) is 0 Å². The monoisotopic (exact) mass is 424 g/mol. The van der Waals surface area contributed by atoms with Crippen molar-refractivity contribution in [3.63, 3.8) is 0 Å². The molecule has 0 saturated carbocycles. The number of halogens is 1. The first-order chi connectivity index (χ1) is 13.3. The van der Waals surface area contributed by atoms with Gasteiger partial charge in [-0.15, -0.1) is 0 Å².